The minimum atomic E-state index is -0.354. The van der Waals surface area contributed by atoms with Crippen molar-refractivity contribution in [2.24, 2.45) is 4.99 Å². The van der Waals surface area contributed by atoms with E-state index in [1.54, 1.807) is 7.05 Å². The van der Waals surface area contributed by atoms with E-state index in [2.05, 4.69) is 10.3 Å². The molecule has 1 N–H and O–H groups in total. The molecule has 2 aliphatic rings. The number of thioether (sulfide) groups is 1. The first-order chi connectivity index (χ1) is 9.49. The lowest BCUT2D eigenvalue weighted by atomic mass is 10.0. The van der Waals surface area contributed by atoms with Crippen molar-refractivity contribution in [3.8, 4) is 0 Å². The molecular formula is C12H18N2O5S. The monoisotopic (exact) mass is 302 g/mol. The summed E-state index contributed by atoms with van der Waals surface area (Å²) in [5, 5.41) is 3.94. The van der Waals surface area contributed by atoms with E-state index in [1.165, 1.54) is 25.6 Å². The van der Waals surface area contributed by atoms with E-state index in [4.69, 9.17) is 14.2 Å². The summed E-state index contributed by atoms with van der Waals surface area (Å²) in [6.45, 7) is 2.89. The number of carbonyl (C=O) groups is 2. The predicted octanol–water partition coefficient (Wildman–Crippen LogP) is 0.287. The number of fused-ring (bicyclic) bond motifs is 1. The Morgan fingerprint density at radius 1 is 1.45 bits per heavy atom. The van der Waals surface area contributed by atoms with Gasteiger partial charge in [-0.2, -0.15) is 0 Å². The van der Waals surface area contributed by atoms with E-state index in [-0.39, 0.29) is 42.2 Å². The number of aliphatic imine (C=N–C) groups is 1. The third-order valence-corrected chi connectivity index (χ3v) is 4.19. The van der Waals surface area contributed by atoms with Gasteiger partial charge in [-0.1, -0.05) is 11.8 Å². The molecule has 2 rings (SSSR count). The van der Waals surface area contributed by atoms with Crippen LogP contribution in [0.3, 0.4) is 0 Å². The first-order valence-corrected chi connectivity index (χ1v) is 7.23. The second-order valence-electron chi connectivity index (χ2n) is 4.63. The van der Waals surface area contributed by atoms with Crippen LogP contribution in [0.1, 0.15) is 20.3 Å². The molecule has 2 aliphatic heterocycles. The Kier molecular flexibility index (Phi) is 4.87. The highest BCUT2D eigenvalue weighted by Gasteiger charge is 2.46. The minimum absolute atomic E-state index is 0.129. The number of nitrogens with zero attached hydrogens (tertiary/aromatic N) is 1. The van der Waals surface area contributed by atoms with Gasteiger partial charge < -0.3 is 19.5 Å². The smallest absolute Gasteiger partial charge is 0.302 e. The number of amidine groups is 1. The van der Waals surface area contributed by atoms with E-state index >= 15 is 0 Å². The average molecular weight is 302 g/mol. The highest BCUT2D eigenvalue weighted by molar-refractivity contribution is 8.14. The molecule has 2 saturated heterocycles. The number of hydrogen-bond acceptors (Lipinski definition) is 7. The number of hydrogen-bond donors (Lipinski definition) is 1. The van der Waals surface area contributed by atoms with Crippen molar-refractivity contribution in [2.75, 3.05) is 13.7 Å². The molecule has 0 aromatic heterocycles. The normalized spacial score (nSPS) is 34.2. The zero-order valence-corrected chi connectivity index (χ0v) is 12.4. The van der Waals surface area contributed by atoms with Gasteiger partial charge in [0, 0.05) is 27.3 Å². The van der Waals surface area contributed by atoms with Gasteiger partial charge in [-0.25, -0.2) is 0 Å². The molecule has 0 bridgehead atoms. The van der Waals surface area contributed by atoms with Crippen molar-refractivity contribution < 1.29 is 23.8 Å². The molecule has 2 heterocycles. The van der Waals surface area contributed by atoms with Crippen molar-refractivity contribution in [1.82, 2.24) is 5.32 Å². The molecule has 0 saturated carbocycles. The lowest BCUT2D eigenvalue weighted by molar-refractivity contribution is -0.165. The van der Waals surface area contributed by atoms with E-state index in [0.29, 0.717) is 6.42 Å². The molecule has 4 atom stereocenters. The highest BCUT2D eigenvalue weighted by Crippen LogP contribution is 2.35. The zero-order chi connectivity index (χ0) is 14.7. The van der Waals surface area contributed by atoms with Crippen LogP contribution < -0.4 is 5.32 Å². The summed E-state index contributed by atoms with van der Waals surface area (Å²) in [6.07, 6.45) is -0.118. The van der Waals surface area contributed by atoms with Gasteiger partial charge in [0.1, 0.15) is 24.2 Å². The number of rotatable bonds is 3. The number of carbonyl (C=O) groups excluding carboxylic acids is 2. The summed E-state index contributed by atoms with van der Waals surface area (Å²) < 4.78 is 16.2. The van der Waals surface area contributed by atoms with E-state index in [0.717, 1.165) is 5.17 Å². The quantitative estimate of drug-likeness (QED) is 0.750. The van der Waals surface area contributed by atoms with Gasteiger partial charge in [-0.05, 0) is 0 Å². The molecule has 0 aliphatic carbocycles. The predicted molar refractivity (Wildman–Crippen MR) is 73.3 cm³/mol. The fourth-order valence-electron chi connectivity index (χ4n) is 2.23. The Balaban J connectivity index is 2.04. The summed E-state index contributed by atoms with van der Waals surface area (Å²) in [6, 6.07) is -0.129. The number of esters is 2. The van der Waals surface area contributed by atoms with Gasteiger partial charge in [0.25, 0.3) is 0 Å². The maximum Gasteiger partial charge on any atom is 0.302 e. The van der Waals surface area contributed by atoms with Crippen molar-refractivity contribution >= 4 is 28.9 Å². The van der Waals surface area contributed by atoms with E-state index < -0.39 is 0 Å². The number of ether oxygens (including phenoxy) is 3. The Hall–Kier alpha value is -1.28. The molecule has 0 amide bonds. The summed E-state index contributed by atoms with van der Waals surface area (Å²) in [5.41, 5.74) is -0.202. The fourth-order valence-corrected chi connectivity index (χ4v) is 3.36. The maximum atomic E-state index is 11.2. The van der Waals surface area contributed by atoms with Crippen LogP contribution in [-0.2, 0) is 23.8 Å². The molecule has 2 fully saturated rings. The lowest BCUT2D eigenvalue weighted by Crippen LogP contribution is -2.52. The third kappa shape index (κ3) is 3.63. The summed E-state index contributed by atoms with van der Waals surface area (Å²) in [7, 11) is 1.68. The molecule has 0 aromatic carbocycles. The van der Waals surface area contributed by atoms with Crippen LogP contribution in [0.5, 0.6) is 0 Å². The van der Waals surface area contributed by atoms with Crippen LogP contribution in [0.4, 0.5) is 0 Å². The highest BCUT2D eigenvalue weighted by atomic mass is 32.2. The summed E-state index contributed by atoms with van der Waals surface area (Å²) in [5.74, 6) is -0.691. The van der Waals surface area contributed by atoms with Gasteiger partial charge in [-0.3, -0.25) is 14.6 Å². The molecule has 20 heavy (non-hydrogen) atoms. The van der Waals surface area contributed by atoms with Gasteiger partial charge in [0.2, 0.25) is 0 Å². The second-order valence-corrected chi connectivity index (χ2v) is 5.72. The average Bonchev–Trinajstić information content (AvgIpc) is 2.79. The van der Waals surface area contributed by atoms with E-state index in [9.17, 15) is 9.59 Å². The van der Waals surface area contributed by atoms with Gasteiger partial charge in [0.15, 0.2) is 5.17 Å². The van der Waals surface area contributed by atoms with Crippen LogP contribution in [0, 0.1) is 0 Å². The van der Waals surface area contributed by atoms with Gasteiger partial charge in [0.05, 0.1) is 6.10 Å². The van der Waals surface area contributed by atoms with Crippen molar-refractivity contribution in [1.29, 1.82) is 0 Å². The molecule has 0 spiro atoms. The van der Waals surface area contributed by atoms with Crippen molar-refractivity contribution in [2.45, 2.75) is 44.0 Å². The molecule has 0 aromatic rings. The van der Waals surface area contributed by atoms with Crippen molar-refractivity contribution in [3.63, 3.8) is 0 Å². The Morgan fingerprint density at radius 3 is 2.80 bits per heavy atom. The van der Waals surface area contributed by atoms with Crippen LogP contribution in [0.25, 0.3) is 0 Å². The van der Waals surface area contributed by atoms with E-state index in [1.807, 2.05) is 0 Å². The van der Waals surface area contributed by atoms with Gasteiger partial charge in [-0.15, -0.1) is 0 Å². The van der Waals surface area contributed by atoms with Crippen LogP contribution in [0.15, 0.2) is 4.99 Å². The SMILES string of the molecule is CN=C1NC2C(OC(C)=O)CC(COC(C)=O)OC2S1. The largest absolute Gasteiger partial charge is 0.463 e. The van der Waals surface area contributed by atoms with Crippen LogP contribution in [-0.4, -0.2) is 54.4 Å². The summed E-state index contributed by atoms with van der Waals surface area (Å²) in [4.78, 5) is 26.2. The Labute approximate surface area is 121 Å². The molecule has 112 valence electrons. The molecule has 8 heteroatoms. The van der Waals surface area contributed by atoms with Gasteiger partial charge >= 0.3 is 11.9 Å². The van der Waals surface area contributed by atoms with Crippen molar-refractivity contribution in [3.05, 3.63) is 0 Å². The Morgan fingerprint density at radius 2 is 2.20 bits per heavy atom. The first kappa shape index (κ1) is 15.1. The molecule has 0 radical (unpaired) electrons. The first-order valence-electron chi connectivity index (χ1n) is 6.35. The third-order valence-electron chi connectivity index (χ3n) is 3.03. The summed E-state index contributed by atoms with van der Waals surface area (Å²) >= 11 is 1.45. The van der Waals surface area contributed by atoms with Crippen LogP contribution in [0.2, 0.25) is 0 Å². The standard InChI is InChI=1S/C12H18N2O5S/c1-6(15)17-5-8-4-9(18-7(2)16)10-11(19-8)20-12(13-3)14-10/h8-11H,4-5H2,1-3H3,(H,13,14). The molecular weight excluding hydrogens is 284 g/mol. The maximum absolute atomic E-state index is 11.2. The molecule has 7 nitrogen and oxygen atoms in total. The second kappa shape index (κ2) is 6.45. The minimum Gasteiger partial charge on any atom is -0.463 e. The lowest BCUT2D eigenvalue weighted by Gasteiger charge is -2.36. The fraction of sp³-hybridized carbons (Fsp3) is 0.750. The zero-order valence-electron chi connectivity index (χ0n) is 11.6. The number of nitrogens with one attached hydrogen (secondary N) is 1. The van der Waals surface area contributed by atoms with Crippen LogP contribution >= 0.6 is 11.8 Å². The Bertz CT molecular complexity index is 428. The topological polar surface area (TPSA) is 86.2 Å². The molecule has 4 unspecified atom stereocenters.